The van der Waals surface area contributed by atoms with Crippen LogP contribution in [-0.4, -0.2) is 30.6 Å². The molecule has 2 rings (SSSR count). The third-order valence-electron chi connectivity index (χ3n) is 4.69. The van der Waals surface area contributed by atoms with Crippen molar-refractivity contribution in [3.63, 3.8) is 0 Å². The largest absolute Gasteiger partial charge is 0.347 e. The molecule has 1 saturated carbocycles. The van der Waals surface area contributed by atoms with Crippen molar-refractivity contribution in [1.29, 1.82) is 0 Å². The molecular formula is C12H20N4O3S. The highest BCUT2D eigenvalue weighted by Gasteiger charge is 2.65. The van der Waals surface area contributed by atoms with Crippen LogP contribution in [0.25, 0.3) is 0 Å². The van der Waals surface area contributed by atoms with Crippen LogP contribution in [0, 0.1) is 17.8 Å². The Kier molecular flexibility index (Phi) is 3.03. The number of aromatic amines is 1. The van der Waals surface area contributed by atoms with Gasteiger partial charge in [-0.05, 0) is 17.8 Å². The lowest BCUT2D eigenvalue weighted by atomic mass is 10.0. The predicted molar refractivity (Wildman–Crippen MR) is 73.5 cm³/mol. The zero-order valence-corrected chi connectivity index (χ0v) is 13.1. The molecule has 1 amide bonds. The van der Waals surface area contributed by atoms with E-state index in [2.05, 4.69) is 15.5 Å². The molecule has 4 N–H and O–H groups in total. The predicted octanol–water partition coefficient (Wildman–Crippen LogP) is 0.530. The van der Waals surface area contributed by atoms with Gasteiger partial charge in [0.1, 0.15) is 4.90 Å². The molecule has 0 aromatic carbocycles. The maximum Gasteiger partial charge on any atom is 0.273 e. The average molecular weight is 300 g/mol. The Bertz CT molecular complexity index is 659. The number of nitrogens with zero attached hydrogens (tertiary/aromatic N) is 1. The quantitative estimate of drug-likeness (QED) is 0.754. The van der Waals surface area contributed by atoms with E-state index in [1.54, 1.807) is 0 Å². The molecule has 0 saturated heterocycles. The third kappa shape index (κ3) is 2.03. The van der Waals surface area contributed by atoms with Crippen molar-refractivity contribution in [2.75, 3.05) is 0 Å². The molecule has 0 unspecified atom stereocenters. The number of hydrogen-bond acceptors (Lipinski definition) is 4. The molecule has 8 heteroatoms. The second-order valence-corrected chi connectivity index (χ2v) is 7.92. The number of nitrogens with one attached hydrogen (secondary N) is 2. The summed E-state index contributed by atoms with van der Waals surface area (Å²) in [5.74, 6) is -0.526. The van der Waals surface area contributed by atoms with Crippen LogP contribution in [0.3, 0.4) is 0 Å². The molecule has 1 aromatic heterocycles. The van der Waals surface area contributed by atoms with Crippen LogP contribution in [0.2, 0.25) is 0 Å². The molecule has 20 heavy (non-hydrogen) atoms. The third-order valence-corrected chi connectivity index (χ3v) is 5.76. The van der Waals surface area contributed by atoms with E-state index in [1.807, 2.05) is 27.7 Å². The minimum atomic E-state index is -3.99. The van der Waals surface area contributed by atoms with Crippen molar-refractivity contribution in [3.8, 4) is 0 Å². The SMILES string of the molecule is Cc1[nH]nc(C(=O)NC2C(C)(C)C2(C)C)c1S(N)(=O)=O. The lowest BCUT2D eigenvalue weighted by Gasteiger charge is -2.06. The zero-order valence-electron chi connectivity index (χ0n) is 12.2. The van der Waals surface area contributed by atoms with Gasteiger partial charge in [-0.25, -0.2) is 13.6 Å². The van der Waals surface area contributed by atoms with E-state index in [1.165, 1.54) is 6.92 Å². The standard InChI is InChI=1S/C12H20N4O3S/c1-6-8(20(13,18)19)7(16-15-6)9(17)14-10-11(2,3)12(10,4)5/h10H,1-5H3,(H,14,17)(H,15,16)(H2,13,18,19). The Morgan fingerprint density at radius 3 is 2.20 bits per heavy atom. The average Bonchev–Trinajstić information content (AvgIpc) is 2.64. The van der Waals surface area contributed by atoms with E-state index in [4.69, 9.17) is 5.14 Å². The molecule has 0 atom stereocenters. The number of sulfonamides is 1. The molecule has 1 aliphatic rings. The summed E-state index contributed by atoms with van der Waals surface area (Å²) in [4.78, 5) is 12.0. The van der Waals surface area contributed by atoms with Crippen LogP contribution in [0.15, 0.2) is 4.90 Å². The minimum absolute atomic E-state index is 0.0344. The highest BCUT2D eigenvalue weighted by molar-refractivity contribution is 7.89. The number of H-pyrrole nitrogens is 1. The van der Waals surface area contributed by atoms with E-state index >= 15 is 0 Å². The Labute approximate surface area is 118 Å². The first kappa shape index (κ1) is 15.0. The van der Waals surface area contributed by atoms with Crippen molar-refractivity contribution < 1.29 is 13.2 Å². The highest BCUT2D eigenvalue weighted by atomic mass is 32.2. The topological polar surface area (TPSA) is 118 Å². The van der Waals surface area contributed by atoms with Crippen LogP contribution in [0.4, 0.5) is 0 Å². The fourth-order valence-corrected chi connectivity index (χ4v) is 3.56. The Balaban J connectivity index is 2.30. The first-order chi connectivity index (χ1) is 8.90. The van der Waals surface area contributed by atoms with Gasteiger partial charge < -0.3 is 5.32 Å². The smallest absolute Gasteiger partial charge is 0.273 e. The van der Waals surface area contributed by atoms with E-state index in [-0.39, 0.29) is 33.2 Å². The summed E-state index contributed by atoms with van der Waals surface area (Å²) in [6.45, 7) is 9.71. The van der Waals surface area contributed by atoms with Crippen molar-refractivity contribution in [1.82, 2.24) is 15.5 Å². The zero-order chi connectivity index (χ0) is 15.5. The summed E-state index contributed by atoms with van der Waals surface area (Å²) >= 11 is 0. The van der Waals surface area contributed by atoms with Gasteiger partial charge in [0.25, 0.3) is 5.91 Å². The number of aryl methyl sites for hydroxylation is 1. The van der Waals surface area contributed by atoms with E-state index in [9.17, 15) is 13.2 Å². The molecule has 1 aliphatic carbocycles. The lowest BCUT2D eigenvalue weighted by Crippen LogP contribution is -2.31. The molecule has 0 bridgehead atoms. The first-order valence-corrected chi connectivity index (χ1v) is 7.84. The molecule has 1 heterocycles. The maximum absolute atomic E-state index is 12.2. The van der Waals surface area contributed by atoms with Crippen LogP contribution in [0.5, 0.6) is 0 Å². The second-order valence-electron chi connectivity index (χ2n) is 6.42. The van der Waals surface area contributed by atoms with Gasteiger partial charge in [-0.3, -0.25) is 9.89 Å². The molecule has 0 aliphatic heterocycles. The normalized spacial score (nSPS) is 20.7. The summed E-state index contributed by atoms with van der Waals surface area (Å²) in [6.07, 6.45) is 0. The van der Waals surface area contributed by atoms with Gasteiger partial charge in [0.05, 0.1) is 5.69 Å². The molecule has 0 radical (unpaired) electrons. The maximum atomic E-state index is 12.2. The molecule has 112 valence electrons. The number of nitrogens with two attached hydrogens (primary N) is 1. The number of amides is 1. The number of rotatable bonds is 3. The van der Waals surface area contributed by atoms with Gasteiger partial charge >= 0.3 is 0 Å². The van der Waals surface area contributed by atoms with Crippen molar-refractivity contribution in [2.24, 2.45) is 16.0 Å². The molecule has 0 spiro atoms. The lowest BCUT2D eigenvalue weighted by molar-refractivity contribution is 0.0935. The highest BCUT2D eigenvalue weighted by Crippen LogP contribution is 2.62. The number of primary sulfonamides is 1. The summed E-state index contributed by atoms with van der Waals surface area (Å²) in [5.41, 5.74) is -0.0126. The van der Waals surface area contributed by atoms with E-state index < -0.39 is 15.9 Å². The summed E-state index contributed by atoms with van der Waals surface area (Å²) in [7, 11) is -3.99. The Morgan fingerprint density at radius 1 is 1.30 bits per heavy atom. The summed E-state index contributed by atoms with van der Waals surface area (Å²) in [5, 5.41) is 14.2. The van der Waals surface area contributed by atoms with Gasteiger partial charge in [0.2, 0.25) is 10.0 Å². The molecule has 1 fully saturated rings. The van der Waals surface area contributed by atoms with Gasteiger partial charge in [-0.1, -0.05) is 27.7 Å². The van der Waals surface area contributed by atoms with Gasteiger partial charge in [0, 0.05) is 6.04 Å². The molecule has 7 nitrogen and oxygen atoms in total. The van der Waals surface area contributed by atoms with Crippen molar-refractivity contribution in [3.05, 3.63) is 11.4 Å². The van der Waals surface area contributed by atoms with E-state index in [0.717, 1.165) is 0 Å². The van der Waals surface area contributed by atoms with Gasteiger partial charge in [-0.15, -0.1) is 0 Å². The van der Waals surface area contributed by atoms with Crippen LogP contribution >= 0.6 is 0 Å². The van der Waals surface area contributed by atoms with Gasteiger partial charge in [-0.2, -0.15) is 5.10 Å². The number of hydrogen-bond donors (Lipinski definition) is 3. The summed E-state index contributed by atoms with van der Waals surface area (Å²) < 4.78 is 23.1. The Hall–Kier alpha value is -1.41. The van der Waals surface area contributed by atoms with Crippen molar-refractivity contribution >= 4 is 15.9 Å². The first-order valence-electron chi connectivity index (χ1n) is 6.29. The van der Waals surface area contributed by atoms with Crippen LogP contribution in [0.1, 0.15) is 43.9 Å². The fourth-order valence-electron chi connectivity index (χ4n) is 2.68. The fraction of sp³-hybridized carbons (Fsp3) is 0.667. The number of carbonyl (C=O) groups excluding carboxylic acids is 1. The molecule has 1 aromatic rings. The second kappa shape index (κ2) is 4.05. The van der Waals surface area contributed by atoms with Gasteiger partial charge in [0.15, 0.2) is 5.69 Å². The van der Waals surface area contributed by atoms with Crippen LogP contribution < -0.4 is 10.5 Å². The monoisotopic (exact) mass is 300 g/mol. The minimum Gasteiger partial charge on any atom is -0.347 e. The molecular weight excluding hydrogens is 280 g/mol. The Morgan fingerprint density at radius 2 is 1.80 bits per heavy atom. The van der Waals surface area contributed by atoms with E-state index in [0.29, 0.717) is 0 Å². The number of carbonyl (C=O) groups is 1. The number of aromatic nitrogens is 2. The van der Waals surface area contributed by atoms with Crippen molar-refractivity contribution in [2.45, 2.75) is 45.6 Å². The van der Waals surface area contributed by atoms with Crippen LogP contribution in [-0.2, 0) is 10.0 Å². The summed E-state index contributed by atoms with van der Waals surface area (Å²) in [6, 6.07) is -0.0344.